The topological polar surface area (TPSA) is 55.0 Å². The summed E-state index contributed by atoms with van der Waals surface area (Å²) < 4.78 is 0. The molecule has 0 radical (unpaired) electrons. The molecule has 2 aromatic rings. The van der Waals surface area contributed by atoms with E-state index in [1.165, 1.54) is 15.8 Å². The van der Waals surface area contributed by atoms with Gasteiger partial charge in [-0.2, -0.15) is 0 Å². The SMILES string of the molecule is Cc1sc2ncnc(N3CCC(C(C)N)C3)c2c1C. The highest BCUT2D eigenvalue weighted by atomic mass is 32.1. The van der Waals surface area contributed by atoms with Crippen molar-refractivity contribution in [1.29, 1.82) is 0 Å². The number of nitrogens with zero attached hydrogens (tertiary/aromatic N) is 3. The van der Waals surface area contributed by atoms with E-state index in [2.05, 4.69) is 35.6 Å². The first-order chi connectivity index (χ1) is 9.08. The summed E-state index contributed by atoms with van der Waals surface area (Å²) in [4.78, 5) is 13.7. The van der Waals surface area contributed by atoms with Crippen molar-refractivity contribution >= 4 is 27.4 Å². The van der Waals surface area contributed by atoms with Crippen LogP contribution in [-0.2, 0) is 0 Å². The zero-order chi connectivity index (χ0) is 13.6. The van der Waals surface area contributed by atoms with Crippen LogP contribution in [0, 0.1) is 19.8 Å². The fraction of sp³-hybridized carbons (Fsp3) is 0.571. The van der Waals surface area contributed by atoms with Gasteiger partial charge in [0.25, 0.3) is 0 Å². The van der Waals surface area contributed by atoms with Gasteiger partial charge in [-0.25, -0.2) is 9.97 Å². The van der Waals surface area contributed by atoms with Crippen LogP contribution in [0.15, 0.2) is 6.33 Å². The standard InChI is InChI=1S/C14H20N4S/c1-8-10(3)19-14-12(8)13(16-7-17-14)18-5-4-11(6-18)9(2)15/h7,9,11H,4-6,15H2,1-3H3. The number of hydrogen-bond donors (Lipinski definition) is 1. The molecular formula is C14H20N4S. The second kappa shape index (κ2) is 4.72. The Balaban J connectivity index is 2.02. The van der Waals surface area contributed by atoms with Gasteiger partial charge in [-0.3, -0.25) is 0 Å². The normalized spacial score (nSPS) is 21.3. The zero-order valence-corrected chi connectivity index (χ0v) is 12.5. The van der Waals surface area contributed by atoms with E-state index in [-0.39, 0.29) is 6.04 Å². The number of hydrogen-bond acceptors (Lipinski definition) is 5. The van der Waals surface area contributed by atoms with Crippen LogP contribution in [-0.4, -0.2) is 29.1 Å². The Morgan fingerprint density at radius 1 is 1.42 bits per heavy atom. The molecule has 102 valence electrons. The molecular weight excluding hydrogens is 256 g/mol. The summed E-state index contributed by atoms with van der Waals surface area (Å²) in [6.07, 6.45) is 2.84. The van der Waals surface area contributed by atoms with Crippen LogP contribution in [0.2, 0.25) is 0 Å². The van der Waals surface area contributed by atoms with Gasteiger partial charge in [0.15, 0.2) is 0 Å². The summed E-state index contributed by atoms with van der Waals surface area (Å²) in [5.41, 5.74) is 7.35. The van der Waals surface area contributed by atoms with Gasteiger partial charge >= 0.3 is 0 Å². The van der Waals surface area contributed by atoms with Crippen molar-refractivity contribution in [3.8, 4) is 0 Å². The maximum absolute atomic E-state index is 6.03. The van der Waals surface area contributed by atoms with Crippen LogP contribution in [0.1, 0.15) is 23.8 Å². The minimum atomic E-state index is 0.257. The summed E-state index contributed by atoms with van der Waals surface area (Å²) in [5, 5.41) is 1.23. The lowest BCUT2D eigenvalue weighted by atomic mass is 10.0. The molecule has 0 saturated carbocycles. The molecule has 19 heavy (non-hydrogen) atoms. The Hall–Kier alpha value is -1.20. The van der Waals surface area contributed by atoms with Gasteiger partial charge in [0.05, 0.1) is 5.39 Å². The lowest BCUT2D eigenvalue weighted by molar-refractivity contribution is 0.488. The molecule has 1 aliphatic heterocycles. The molecule has 3 rings (SSSR count). The molecule has 4 nitrogen and oxygen atoms in total. The maximum Gasteiger partial charge on any atom is 0.141 e. The molecule has 5 heteroatoms. The predicted octanol–water partition coefficient (Wildman–Crippen LogP) is 2.48. The highest BCUT2D eigenvalue weighted by Crippen LogP contribution is 2.36. The first-order valence-corrected chi connectivity index (χ1v) is 7.60. The highest BCUT2D eigenvalue weighted by molar-refractivity contribution is 7.18. The van der Waals surface area contributed by atoms with Crippen LogP contribution in [0.25, 0.3) is 10.2 Å². The van der Waals surface area contributed by atoms with Gasteiger partial charge in [-0.15, -0.1) is 11.3 Å². The van der Waals surface area contributed by atoms with Crippen molar-refractivity contribution in [1.82, 2.24) is 9.97 Å². The molecule has 0 aliphatic carbocycles. The van der Waals surface area contributed by atoms with Crippen molar-refractivity contribution in [2.45, 2.75) is 33.2 Å². The Labute approximate surface area is 117 Å². The summed E-state index contributed by atoms with van der Waals surface area (Å²) in [5.74, 6) is 1.67. The van der Waals surface area contributed by atoms with E-state index in [4.69, 9.17) is 5.73 Å². The summed E-state index contributed by atoms with van der Waals surface area (Å²) in [7, 11) is 0. The molecule has 0 aromatic carbocycles. The quantitative estimate of drug-likeness (QED) is 0.915. The smallest absolute Gasteiger partial charge is 0.141 e. The van der Waals surface area contributed by atoms with Gasteiger partial charge in [0.2, 0.25) is 0 Å². The first kappa shape index (κ1) is 12.8. The Morgan fingerprint density at radius 3 is 2.89 bits per heavy atom. The molecule has 3 heterocycles. The minimum absolute atomic E-state index is 0.257. The lowest BCUT2D eigenvalue weighted by Gasteiger charge is -2.19. The molecule has 1 fully saturated rings. The molecule has 0 bridgehead atoms. The zero-order valence-electron chi connectivity index (χ0n) is 11.7. The number of aromatic nitrogens is 2. The number of fused-ring (bicyclic) bond motifs is 1. The number of rotatable bonds is 2. The van der Waals surface area contributed by atoms with E-state index in [1.54, 1.807) is 17.7 Å². The summed E-state index contributed by atoms with van der Waals surface area (Å²) >= 11 is 1.76. The Morgan fingerprint density at radius 2 is 2.21 bits per heavy atom. The Kier molecular flexibility index (Phi) is 3.19. The second-order valence-electron chi connectivity index (χ2n) is 5.51. The lowest BCUT2D eigenvalue weighted by Crippen LogP contribution is -2.30. The summed E-state index contributed by atoms with van der Waals surface area (Å²) in [6, 6.07) is 0.257. The van der Waals surface area contributed by atoms with E-state index >= 15 is 0 Å². The monoisotopic (exact) mass is 276 g/mol. The number of thiophene rings is 1. The number of nitrogens with two attached hydrogens (primary N) is 1. The Bertz CT molecular complexity index is 605. The van der Waals surface area contributed by atoms with Crippen LogP contribution >= 0.6 is 11.3 Å². The molecule has 0 spiro atoms. The average Bonchev–Trinajstić information content (AvgIpc) is 2.96. The second-order valence-corrected chi connectivity index (χ2v) is 6.72. The molecule has 1 aliphatic rings. The third-order valence-electron chi connectivity index (χ3n) is 4.21. The number of anilines is 1. The van der Waals surface area contributed by atoms with E-state index in [9.17, 15) is 0 Å². The molecule has 2 N–H and O–H groups in total. The largest absolute Gasteiger partial charge is 0.356 e. The maximum atomic E-state index is 6.03. The van der Waals surface area contributed by atoms with E-state index in [0.717, 1.165) is 30.2 Å². The van der Waals surface area contributed by atoms with E-state index in [0.29, 0.717) is 5.92 Å². The highest BCUT2D eigenvalue weighted by Gasteiger charge is 2.28. The molecule has 2 aromatic heterocycles. The van der Waals surface area contributed by atoms with Gasteiger partial charge in [-0.05, 0) is 38.7 Å². The van der Waals surface area contributed by atoms with Crippen molar-refractivity contribution in [2.75, 3.05) is 18.0 Å². The number of aryl methyl sites for hydroxylation is 2. The van der Waals surface area contributed by atoms with Crippen molar-refractivity contribution in [3.63, 3.8) is 0 Å². The van der Waals surface area contributed by atoms with Crippen LogP contribution in [0.4, 0.5) is 5.82 Å². The van der Waals surface area contributed by atoms with Gasteiger partial charge < -0.3 is 10.6 Å². The van der Waals surface area contributed by atoms with Crippen molar-refractivity contribution in [2.24, 2.45) is 11.7 Å². The van der Waals surface area contributed by atoms with Gasteiger partial charge in [0, 0.05) is 24.0 Å². The minimum Gasteiger partial charge on any atom is -0.356 e. The third kappa shape index (κ3) is 2.11. The molecule has 2 unspecified atom stereocenters. The van der Waals surface area contributed by atoms with Gasteiger partial charge in [-0.1, -0.05) is 0 Å². The summed E-state index contributed by atoms with van der Waals surface area (Å²) in [6.45, 7) is 8.48. The first-order valence-electron chi connectivity index (χ1n) is 6.79. The van der Waals surface area contributed by atoms with Crippen molar-refractivity contribution in [3.05, 3.63) is 16.8 Å². The average molecular weight is 276 g/mol. The van der Waals surface area contributed by atoms with E-state index in [1.807, 2.05) is 0 Å². The van der Waals surface area contributed by atoms with E-state index < -0.39 is 0 Å². The third-order valence-corrected chi connectivity index (χ3v) is 5.33. The van der Waals surface area contributed by atoms with Crippen molar-refractivity contribution < 1.29 is 0 Å². The molecule has 1 saturated heterocycles. The molecule has 0 amide bonds. The van der Waals surface area contributed by atoms with Crippen LogP contribution in [0.5, 0.6) is 0 Å². The fourth-order valence-corrected chi connectivity index (χ4v) is 3.80. The van der Waals surface area contributed by atoms with Crippen LogP contribution in [0.3, 0.4) is 0 Å². The predicted molar refractivity (Wildman–Crippen MR) is 80.9 cm³/mol. The molecule has 2 atom stereocenters. The van der Waals surface area contributed by atoms with Gasteiger partial charge in [0.1, 0.15) is 17.0 Å². The fourth-order valence-electron chi connectivity index (χ4n) is 2.81. The van der Waals surface area contributed by atoms with Crippen LogP contribution < -0.4 is 10.6 Å².